The maximum Gasteiger partial charge on any atom is 0.339 e. The first-order valence-corrected chi connectivity index (χ1v) is 7.66. The van der Waals surface area contributed by atoms with Crippen LogP contribution in [0.3, 0.4) is 0 Å². The molecule has 0 aromatic heterocycles. The van der Waals surface area contributed by atoms with E-state index in [0.717, 1.165) is 12.8 Å². The van der Waals surface area contributed by atoms with Crippen molar-refractivity contribution in [3.8, 4) is 5.75 Å². The van der Waals surface area contributed by atoms with E-state index in [2.05, 4.69) is 0 Å². The Morgan fingerprint density at radius 1 is 1.32 bits per heavy atom. The lowest BCUT2D eigenvalue weighted by Crippen LogP contribution is -2.18. The van der Waals surface area contributed by atoms with Crippen LogP contribution in [0, 0.1) is 0 Å². The highest BCUT2D eigenvalue weighted by atomic mass is 32.2. The van der Waals surface area contributed by atoms with E-state index in [1.165, 1.54) is 25.3 Å². The average molecular weight is 284 g/mol. The SMILES string of the molecule is COc1ccc(S(=O)(=O)C2CCCC2)cc1C(=O)O. The summed E-state index contributed by atoms with van der Waals surface area (Å²) in [6.45, 7) is 0. The van der Waals surface area contributed by atoms with E-state index in [1.807, 2.05) is 0 Å². The van der Waals surface area contributed by atoms with Crippen LogP contribution in [0.4, 0.5) is 0 Å². The predicted molar refractivity (Wildman–Crippen MR) is 69.4 cm³/mol. The molecular weight excluding hydrogens is 268 g/mol. The minimum Gasteiger partial charge on any atom is -0.496 e. The van der Waals surface area contributed by atoms with E-state index < -0.39 is 15.8 Å². The molecule has 1 N–H and O–H groups in total. The molecule has 0 radical (unpaired) electrons. The molecule has 1 fully saturated rings. The molecule has 0 bridgehead atoms. The van der Waals surface area contributed by atoms with Gasteiger partial charge in [0.15, 0.2) is 9.84 Å². The van der Waals surface area contributed by atoms with Crippen LogP contribution in [0.5, 0.6) is 5.75 Å². The first-order valence-electron chi connectivity index (χ1n) is 6.12. The summed E-state index contributed by atoms with van der Waals surface area (Å²) >= 11 is 0. The number of hydrogen-bond acceptors (Lipinski definition) is 4. The molecule has 5 nitrogen and oxygen atoms in total. The molecule has 0 heterocycles. The van der Waals surface area contributed by atoms with E-state index in [4.69, 9.17) is 9.84 Å². The quantitative estimate of drug-likeness (QED) is 0.915. The molecule has 1 saturated carbocycles. The molecule has 0 spiro atoms. The second-order valence-corrected chi connectivity index (χ2v) is 6.85. The second kappa shape index (κ2) is 5.21. The Labute approximate surface area is 112 Å². The van der Waals surface area contributed by atoms with Crippen molar-refractivity contribution < 1.29 is 23.1 Å². The van der Waals surface area contributed by atoms with Gasteiger partial charge in [0.1, 0.15) is 11.3 Å². The summed E-state index contributed by atoms with van der Waals surface area (Å²) in [7, 11) is -2.08. The van der Waals surface area contributed by atoms with E-state index in [-0.39, 0.29) is 21.5 Å². The number of methoxy groups -OCH3 is 1. The number of carboxylic acids is 1. The Bertz CT molecular complexity index is 585. The molecule has 0 atom stereocenters. The van der Waals surface area contributed by atoms with Crippen molar-refractivity contribution in [1.29, 1.82) is 0 Å². The Kier molecular flexibility index (Phi) is 3.80. The fourth-order valence-electron chi connectivity index (χ4n) is 2.42. The number of carboxylic acid groups (broad SMARTS) is 1. The Morgan fingerprint density at radius 3 is 2.47 bits per heavy atom. The maximum absolute atomic E-state index is 12.4. The van der Waals surface area contributed by atoms with Crippen LogP contribution in [-0.4, -0.2) is 31.9 Å². The summed E-state index contributed by atoms with van der Waals surface area (Å²) in [5.41, 5.74) is -0.124. The zero-order valence-electron chi connectivity index (χ0n) is 10.6. The van der Waals surface area contributed by atoms with Gasteiger partial charge in [-0.3, -0.25) is 0 Å². The summed E-state index contributed by atoms with van der Waals surface area (Å²) in [5, 5.41) is 8.69. The van der Waals surface area contributed by atoms with Crippen LogP contribution in [0.2, 0.25) is 0 Å². The molecule has 1 aromatic rings. The Balaban J connectivity index is 2.45. The van der Waals surface area contributed by atoms with Gasteiger partial charge >= 0.3 is 5.97 Å². The number of carbonyl (C=O) groups is 1. The molecule has 19 heavy (non-hydrogen) atoms. The molecular formula is C13H16O5S. The smallest absolute Gasteiger partial charge is 0.339 e. The lowest BCUT2D eigenvalue weighted by Gasteiger charge is -2.13. The topological polar surface area (TPSA) is 80.7 Å². The van der Waals surface area contributed by atoms with E-state index in [1.54, 1.807) is 0 Å². The van der Waals surface area contributed by atoms with Crippen molar-refractivity contribution in [3.05, 3.63) is 23.8 Å². The lowest BCUT2D eigenvalue weighted by atomic mass is 10.2. The number of aromatic carboxylic acids is 1. The van der Waals surface area contributed by atoms with Crippen LogP contribution in [-0.2, 0) is 9.84 Å². The zero-order chi connectivity index (χ0) is 14.0. The van der Waals surface area contributed by atoms with Crippen LogP contribution in [0.15, 0.2) is 23.1 Å². The van der Waals surface area contributed by atoms with Gasteiger partial charge in [0.2, 0.25) is 0 Å². The second-order valence-electron chi connectivity index (χ2n) is 4.62. The Hall–Kier alpha value is -1.56. The van der Waals surface area contributed by atoms with E-state index >= 15 is 0 Å². The highest BCUT2D eigenvalue weighted by Gasteiger charge is 2.31. The van der Waals surface area contributed by atoms with Gasteiger partial charge in [0.05, 0.1) is 17.3 Å². The van der Waals surface area contributed by atoms with Crippen molar-refractivity contribution in [2.24, 2.45) is 0 Å². The summed E-state index contributed by atoms with van der Waals surface area (Å²) in [6.07, 6.45) is 3.12. The standard InChI is InChI=1S/C13H16O5S/c1-18-12-7-6-10(8-11(12)13(14)15)19(16,17)9-4-2-3-5-9/h6-9H,2-5H2,1H3,(H,14,15). The van der Waals surface area contributed by atoms with Crippen molar-refractivity contribution in [2.75, 3.05) is 7.11 Å². The molecule has 0 aliphatic heterocycles. The van der Waals surface area contributed by atoms with Gasteiger partial charge in [-0.25, -0.2) is 13.2 Å². The number of ether oxygens (including phenoxy) is 1. The molecule has 0 unspecified atom stereocenters. The van der Waals surface area contributed by atoms with Crippen LogP contribution >= 0.6 is 0 Å². The largest absolute Gasteiger partial charge is 0.496 e. The van der Waals surface area contributed by atoms with Gasteiger partial charge in [-0.2, -0.15) is 0 Å². The normalized spacial score (nSPS) is 16.5. The third-order valence-corrected chi connectivity index (χ3v) is 5.73. The van der Waals surface area contributed by atoms with Gasteiger partial charge in [0, 0.05) is 0 Å². The summed E-state index contributed by atoms with van der Waals surface area (Å²) in [4.78, 5) is 11.2. The summed E-state index contributed by atoms with van der Waals surface area (Å²) in [5.74, 6) is -1.03. The average Bonchev–Trinajstić information content (AvgIpc) is 2.92. The predicted octanol–water partition coefficient (Wildman–Crippen LogP) is 2.11. The van der Waals surface area contributed by atoms with Gasteiger partial charge in [-0.05, 0) is 31.0 Å². The van der Waals surface area contributed by atoms with Crippen molar-refractivity contribution in [3.63, 3.8) is 0 Å². The monoisotopic (exact) mass is 284 g/mol. The molecule has 1 aliphatic carbocycles. The maximum atomic E-state index is 12.4. The summed E-state index contributed by atoms with van der Waals surface area (Å²) < 4.78 is 29.7. The molecule has 104 valence electrons. The number of rotatable bonds is 4. The van der Waals surface area contributed by atoms with Gasteiger partial charge in [-0.15, -0.1) is 0 Å². The van der Waals surface area contributed by atoms with Gasteiger partial charge < -0.3 is 9.84 Å². The zero-order valence-corrected chi connectivity index (χ0v) is 11.4. The van der Waals surface area contributed by atoms with Gasteiger partial charge in [-0.1, -0.05) is 12.8 Å². The van der Waals surface area contributed by atoms with Crippen molar-refractivity contribution >= 4 is 15.8 Å². The number of sulfone groups is 1. The number of hydrogen-bond donors (Lipinski definition) is 1. The molecule has 1 aromatic carbocycles. The van der Waals surface area contributed by atoms with Crippen LogP contribution in [0.25, 0.3) is 0 Å². The van der Waals surface area contributed by atoms with Crippen LogP contribution < -0.4 is 4.74 Å². The van der Waals surface area contributed by atoms with Gasteiger partial charge in [0.25, 0.3) is 0 Å². The van der Waals surface area contributed by atoms with Crippen molar-refractivity contribution in [2.45, 2.75) is 35.8 Å². The minimum absolute atomic E-state index is 0.0672. The molecule has 6 heteroatoms. The first kappa shape index (κ1) is 13.9. The third-order valence-electron chi connectivity index (χ3n) is 3.47. The highest BCUT2D eigenvalue weighted by Crippen LogP contribution is 2.31. The molecule has 0 amide bonds. The fraction of sp³-hybridized carbons (Fsp3) is 0.462. The molecule has 0 saturated heterocycles. The third kappa shape index (κ3) is 2.58. The first-order chi connectivity index (χ1) is 8.96. The highest BCUT2D eigenvalue weighted by molar-refractivity contribution is 7.92. The fourth-order valence-corrected chi connectivity index (χ4v) is 4.30. The number of benzene rings is 1. The Morgan fingerprint density at radius 2 is 1.95 bits per heavy atom. The van der Waals surface area contributed by atoms with Crippen molar-refractivity contribution in [1.82, 2.24) is 0 Å². The minimum atomic E-state index is -3.44. The van der Waals surface area contributed by atoms with E-state index in [9.17, 15) is 13.2 Å². The summed E-state index contributed by atoms with van der Waals surface area (Å²) in [6, 6.07) is 4.00. The molecule has 1 aliphatic rings. The van der Waals surface area contributed by atoms with Crippen LogP contribution in [0.1, 0.15) is 36.0 Å². The molecule has 2 rings (SSSR count). The lowest BCUT2D eigenvalue weighted by molar-refractivity contribution is 0.0693. The van der Waals surface area contributed by atoms with E-state index in [0.29, 0.717) is 12.8 Å².